The van der Waals surface area contributed by atoms with Crippen molar-refractivity contribution in [3.8, 4) is 11.8 Å². The minimum Gasteiger partial charge on any atom is -0.320 e. The van der Waals surface area contributed by atoms with Gasteiger partial charge in [0.25, 0.3) is 0 Å². The molecule has 0 fully saturated rings. The molecular formula is C17H19ClN2S. The van der Waals surface area contributed by atoms with Crippen LogP contribution >= 0.6 is 22.9 Å². The fourth-order valence-electron chi connectivity index (χ4n) is 2.11. The molecule has 0 radical (unpaired) electrons. The average Bonchev–Trinajstić information content (AvgIpc) is 2.91. The average molecular weight is 319 g/mol. The Morgan fingerprint density at radius 2 is 2.19 bits per heavy atom. The molecule has 1 unspecified atom stereocenters. The standard InChI is InChI=1S/C17H19ClN2S/c1-13(15-5-3-7-16(18)11-15)20(2)12-17-14(6-4-9-19)8-10-21-17/h3,5,7-8,10-11,13H,9,12,19H2,1-2H3. The van der Waals surface area contributed by atoms with Gasteiger partial charge in [-0.15, -0.1) is 11.3 Å². The zero-order valence-electron chi connectivity index (χ0n) is 12.3. The lowest BCUT2D eigenvalue weighted by Crippen LogP contribution is -2.21. The maximum atomic E-state index is 6.07. The van der Waals surface area contributed by atoms with Gasteiger partial charge >= 0.3 is 0 Å². The van der Waals surface area contributed by atoms with Crippen molar-refractivity contribution in [2.45, 2.75) is 19.5 Å². The third kappa shape index (κ3) is 4.33. The predicted molar refractivity (Wildman–Crippen MR) is 91.6 cm³/mol. The Kier molecular flexibility index (Phi) is 5.84. The minimum atomic E-state index is 0.293. The van der Waals surface area contributed by atoms with E-state index in [0.29, 0.717) is 12.6 Å². The molecule has 0 amide bonds. The highest BCUT2D eigenvalue weighted by Gasteiger charge is 2.14. The first kappa shape index (κ1) is 16.1. The Labute approximate surface area is 135 Å². The summed E-state index contributed by atoms with van der Waals surface area (Å²) in [6.07, 6.45) is 0. The molecule has 0 saturated heterocycles. The molecule has 2 N–H and O–H groups in total. The molecule has 2 nitrogen and oxygen atoms in total. The molecule has 0 aliphatic rings. The Morgan fingerprint density at radius 3 is 2.90 bits per heavy atom. The summed E-state index contributed by atoms with van der Waals surface area (Å²) >= 11 is 7.81. The van der Waals surface area contributed by atoms with Crippen molar-refractivity contribution < 1.29 is 0 Å². The van der Waals surface area contributed by atoms with Gasteiger partial charge in [-0.25, -0.2) is 0 Å². The van der Waals surface area contributed by atoms with E-state index in [9.17, 15) is 0 Å². The molecule has 1 heterocycles. The van der Waals surface area contributed by atoms with Gasteiger partial charge in [-0.1, -0.05) is 35.6 Å². The smallest absolute Gasteiger partial charge is 0.0555 e. The van der Waals surface area contributed by atoms with Crippen molar-refractivity contribution in [1.29, 1.82) is 0 Å². The van der Waals surface area contributed by atoms with Crippen molar-refractivity contribution in [3.63, 3.8) is 0 Å². The van der Waals surface area contributed by atoms with Crippen LogP contribution in [0.25, 0.3) is 0 Å². The summed E-state index contributed by atoms with van der Waals surface area (Å²) in [4.78, 5) is 3.57. The second-order valence-corrected chi connectivity index (χ2v) is 6.35. The third-order valence-corrected chi connectivity index (χ3v) is 4.60. The molecule has 0 saturated carbocycles. The number of hydrogen-bond acceptors (Lipinski definition) is 3. The van der Waals surface area contributed by atoms with E-state index >= 15 is 0 Å². The van der Waals surface area contributed by atoms with E-state index < -0.39 is 0 Å². The molecule has 0 spiro atoms. The zero-order valence-corrected chi connectivity index (χ0v) is 13.8. The predicted octanol–water partition coefficient (Wildman–Crippen LogP) is 3.90. The number of hydrogen-bond donors (Lipinski definition) is 1. The molecule has 21 heavy (non-hydrogen) atoms. The van der Waals surface area contributed by atoms with E-state index in [-0.39, 0.29) is 0 Å². The fourth-order valence-corrected chi connectivity index (χ4v) is 3.20. The normalized spacial score (nSPS) is 12.0. The van der Waals surface area contributed by atoms with Crippen LogP contribution in [0.3, 0.4) is 0 Å². The molecule has 1 atom stereocenters. The van der Waals surface area contributed by atoms with Crippen LogP contribution in [0.5, 0.6) is 0 Å². The van der Waals surface area contributed by atoms with Crippen LogP contribution in [-0.2, 0) is 6.54 Å². The monoisotopic (exact) mass is 318 g/mol. The molecule has 0 bridgehead atoms. The maximum absolute atomic E-state index is 6.07. The number of nitrogens with two attached hydrogens (primary N) is 1. The first-order valence-electron chi connectivity index (χ1n) is 6.83. The second kappa shape index (κ2) is 7.63. The summed E-state index contributed by atoms with van der Waals surface area (Å²) in [5, 5.41) is 2.85. The molecule has 4 heteroatoms. The van der Waals surface area contributed by atoms with Crippen LogP contribution in [0.2, 0.25) is 5.02 Å². The summed E-state index contributed by atoms with van der Waals surface area (Å²) in [6, 6.07) is 10.4. The lowest BCUT2D eigenvalue weighted by atomic mass is 10.1. The summed E-state index contributed by atoms with van der Waals surface area (Å²) in [6.45, 7) is 3.44. The quantitative estimate of drug-likeness (QED) is 0.866. The van der Waals surface area contributed by atoms with Crippen LogP contribution < -0.4 is 5.73 Å². The summed E-state index contributed by atoms with van der Waals surface area (Å²) < 4.78 is 0. The van der Waals surface area contributed by atoms with Gasteiger partial charge in [0.1, 0.15) is 0 Å². The first-order valence-corrected chi connectivity index (χ1v) is 8.08. The van der Waals surface area contributed by atoms with Crippen molar-refractivity contribution in [3.05, 3.63) is 56.7 Å². The van der Waals surface area contributed by atoms with E-state index in [4.69, 9.17) is 17.3 Å². The number of nitrogens with zero attached hydrogens (tertiary/aromatic N) is 1. The van der Waals surface area contributed by atoms with Crippen LogP contribution in [0.15, 0.2) is 35.7 Å². The number of halogens is 1. The third-order valence-electron chi connectivity index (χ3n) is 3.46. The SMILES string of the molecule is CC(c1cccc(Cl)c1)N(C)Cc1sccc1C#CCN. The van der Waals surface area contributed by atoms with Crippen LogP contribution in [0.1, 0.15) is 29.0 Å². The topological polar surface area (TPSA) is 29.3 Å². The van der Waals surface area contributed by atoms with Gasteiger partial charge in [-0.3, -0.25) is 4.90 Å². The zero-order chi connectivity index (χ0) is 15.2. The van der Waals surface area contributed by atoms with Gasteiger partial charge in [0.15, 0.2) is 0 Å². The summed E-state index contributed by atoms with van der Waals surface area (Å²) in [5.74, 6) is 6.05. The fraction of sp³-hybridized carbons (Fsp3) is 0.294. The lowest BCUT2D eigenvalue weighted by molar-refractivity contribution is 0.255. The van der Waals surface area contributed by atoms with Crippen molar-refractivity contribution in [1.82, 2.24) is 4.90 Å². The summed E-state index contributed by atoms with van der Waals surface area (Å²) in [7, 11) is 2.12. The summed E-state index contributed by atoms with van der Waals surface area (Å²) in [5.41, 5.74) is 7.74. The second-order valence-electron chi connectivity index (χ2n) is 4.91. The van der Waals surface area contributed by atoms with Gasteiger partial charge in [-0.05, 0) is 43.1 Å². The Hall–Kier alpha value is -1.31. The van der Waals surface area contributed by atoms with E-state index in [1.165, 1.54) is 10.4 Å². The number of rotatable bonds is 4. The molecule has 1 aromatic carbocycles. The van der Waals surface area contributed by atoms with Crippen molar-refractivity contribution >= 4 is 22.9 Å². The van der Waals surface area contributed by atoms with Crippen LogP contribution in [0.4, 0.5) is 0 Å². The highest BCUT2D eigenvalue weighted by atomic mass is 35.5. The molecule has 2 aromatic rings. The molecule has 0 aliphatic carbocycles. The number of thiophene rings is 1. The highest BCUT2D eigenvalue weighted by molar-refractivity contribution is 7.10. The van der Waals surface area contributed by atoms with Gasteiger partial charge < -0.3 is 5.73 Å². The lowest BCUT2D eigenvalue weighted by Gasteiger charge is -2.25. The van der Waals surface area contributed by atoms with E-state index in [1.807, 2.05) is 18.2 Å². The minimum absolute atomic E-state index is 0.293. The van der Waals surface area contributed by atoms with Crippen LogP contribution in [0, 0.1) is 11.8 Å². The van der Waals surface area contributed by atoms with Gasteiger partial charge in [-0.2, -0.15) is 0 Å². The molecular weight excluding hydrogens is 300 g/mol. The first-order chi connectivity index (χ1) is 10.1. The van der Waals surface area contributed by atoms with E-state index in [2.05, 4.69) is 48.2 Å². The highest BCUT2D eigenvalue weighted by Crippen LogP contribution is 2.25. The Morgan fingerprint density at radius 1 is 1.38 bits per heavy atom. The molecule has 110 valence electrons. The van der Waals surface area contributed by atoms with Gasteiger partial charge in [0.05, 0.1) is 6.54 Å². The largest absolute Gasteiger partial charge is 0.320 e. The molecule has 0 aliphatic heterocycles. The Balaban J connectivity index is 2.11. The maximum Gasteiger partial charge on any atom is 0.0555 e. The number of benzene rings is 1. The van der Waals surface area contributed by atoms with Crippen molar-refractivity contribution in [2.75, 3.05) is 13.6 Å². The van der Waals surface area contributed by atoms with Gasteiger partial charge in [0.2, 0.25) is 0 Å². The van der Waals surface area contributed by atoms with E-state index in [0.717, 1.165) is 17.1 Å². The van der Waals surface area contributed by atoms with E-state index in [1.54, 1.807) is 11.3 Å². The van der Waals surface area contributed by atoms with Gasteiger partial charge in [0, 0.05) is 28.0 Å². The van der Waals surface area contributed by atoms with Crippen molar-refractivity contribution in [2.24, 2.45) is 5.73 Å². The van der Waals surface area contributed by atoms with Crippen LogP contribution in [-0.4, -0.2) is 18.5 Å². The molecule has 1 aromatic heterocycles. The Bertz CT molecular complexity index is 654. The molecule has 2 rings (SSSR count).